The summed E-state index contributed by atoms with van der Waals surface area (Å²) in [5.74, 6) is -1.14. The van der Waals surface area contributed by atoms with E-state index in [1.54, 1.807) is 6.92 Å². The van der Waals surface area contributed by atoms with E-state index in [2.05, 4.69) is 27.2 Å². The number of amides is 3. The summed E-state index contributed by atoms with van der Waals surface area (Å²) in [6, 6.07) is 15.0. The van der Waals surface area contributed by atoms with Crippen LogP contribution < -0.4 is 10.6 Å². The Bertz CT molecular complexity index is 1500. The van der Waals surface area contributed by atoms with Crippen LogP contribution in [0.25, 0.3) is 0 Å². The zero-order valence-electron chi connectivity index (χ0n) is 23.3. The van der Waals surface area contributed by atoms with Crippen LogP contribution >= 0.6 is 11.3 Å². The van der Waals surface area contributed by atoms with Crippen molar-refractivity contribution in [3.63, 3.8) is 0 Å². The Kier molecular flexibility index (Phi) is 9.92. The van der Waals surface area contributed by atoms with Crippen molar-refractivity contribution in [3.05, 3.63) is 81.7 Å². The number of imide groups is 1. The Morgan fingerprint density at radius 3 is 2.37 bits per heavy atom. The second-order valence-electron chi connectivity index (χ2n) is 9.58. The van der Waals surface area contributed by atoms with Crippen molar-refractivity contribution in [2.24, 2.45) is 0 Å². The van der Waals surface area contributed by atoms with E-state index < -0.39 is 27.9 Å². The second kappa shape index (κ2) is 13.4. The SMILES string of the molecule is CCCN1CCc2c(sc(NC(=O)c3ccc(S(=O)(=O)N(CC)Cc4ccccc4)cc3)c2C(=O)NC(=O)OC)C1. The van der Waals surface area contributed by atoms with Crippen LogP contribution in [-0.4, -0.2) is 62.3 Å². The molecule has 0 aliphatic carbocycles. The molecule has 0 spiro atoms. The molecule has 0 bridgehead atoms. The molecule has 0 saturated carbocycles. The van der Waals surface area contributed by atoms with Crippen LogP contribution in [0.3, 0.4) is 0 Å². The monoisotopic (exact) mass is 598 g/mol. The number of nitrogens with one attached hydrogen (secondary N) is 2. The number of hydrogen-bond donors (Lipinski definition) is 2. The van der Waals surface area contributed by atoms with Crippen LogP contribution in [0.5, 0.6) is 0 Å². The molecule has 1 aromatic heterocycles. The summed E-state index contributed by atoms with van der Waals surface area (Å²) < 4.78 is 32.6. The molecule has 12 heteroatoms. The van der Waals surface area contributed by atoms with Gasteiger partial charge in [-0.05, 0) is 54.8 Å². The van der Waals surface area contributed by atoms with Crippen molar-refractivity contribution >= 4 is 44.3 Å². The van der Waals surface area contributed by atoms with Crippen LogP contribution in [0.2, 0.25) is 0 Å². The van der Waals surface area contributed by atoms with Gasteiger partial charge in [0, 0.05) is 36.6 Å². The van der Waals surface area contributed by atoms with Gasteiger partial charge < -0.3 is 10.1 Å². The molecule has 4 rings (SSSR count). The third-order valence-electron chi connectivity index (χ3n) is 6.84. The van der Waals surface area contributed by atoms with Gasteiger partial charge in [-0.3, -0.25) is 19.8 Å². The maximum absolute atomic E-state index is 13.3. The maximum atomic E-state index is 13.3. The number of methoxy groups -OCH3 is 1. The minimum atomic E-state index is -3.79. The number of thiophene rings is 1. The number of ether oxygens (including phenoxy) is 1. The fourth-order valence-electron chi connectivity index (χ4n) is 4.75. The highest BCUT2D eigenvalue weighted by molar-refractivity contribution is 7.89. The molecule has 2 aromatic carbocycles. The highest BCUT2D eigenvalue weighted by Crippen LogP contribution is 2.37. The van der Waals surface area contributed by atoms with E-state index in [-0.39, 0.29) is 29.1 Å². The van der Waals surface area contributed by atoms with Crippen molar-refractivity contribution in [1.82, 2.24) is 14.5 Å². The molecule has 3 amide bonds. The van der Waals surface area contributed by atoms with Gasteiger partial charge in [0.05, 0.1) is 17.6 Å². The molecule has 10 nitrogen and oxygen atoms in total. The van der Waals surface area contributed by atoms with Crippen LogP contribution in [0.1, 0.15) is 57.0 Å². The van der Waals surface area contributed by atoms with Crippen LogP contribution in [0, 0.1) is 0 Å². The summed E-state index contributed by atoms with van der Waals surface area (Å²) in [7, 11) is -2.62. The lowest BCUT2D eigenvalue weighted by atomic mass is 10.0. The molecule has 0 saturated heterocycles. The summed E-state index contributed by atoms with van der Waals surface area (Å²) in [6.07, 6.45) is 0.712. The Morgan fingerprint density at radius 2 is 1.73 bits per heavy atom. The molecule has 0 unspecified atom stereocenters. The van der Waals surface area contributed by atoms with E-state index in [1.165, 1.54) is 47.0 Å². The molecule has 0 atom stereocenters. The third-order valence-corrected chi connectivity index (χ3v) is 9.91. The summed E-state index contributed by atoms with van der Waals surface area (Å²) in [5, 5.41) is 5.35. The molecule has 3 aromatic rings. The minimum Gasteiger partial charge on any atom is -0.453 e. The van der Waals surface area contributed by atoms with Gasteiger partial charge in [0.2, 0.25) is 10.0 Å². The number of carbonyl (C=O) groups excluding carboxylic acids is 3. The van der Waals surface area contributed by atoms with E-state index in [9.17, 15) is 22.8 Å². The lowest BCUT2D eigenvalue weighted by molar-refractivity contribution is 0.0936. The predicted molar refractivity (Wildman–Crippen MR) is 158 cm³/mol. The number of anilines is 1. The van der Waals surface area contributed by atoms with Crippen molar-refractivity contribution in [2.75, 3.05) is 32.1 Å². The van der Waals surface area contributed by atoms with Crippen molar-refractivity contribution in [3.8, 4) is 0 Å². The minimum absolute atomic E-state index is 0.0765. The average Bonchev–Trinajstić information content (AvgIpc) is 3.33. The number of nitrogens with zero attached hydrogens (tertiary/aromatic N) is 2. The fourth-order valence-corrected chi connectivity index (χ4v) is 7.47. The van der Waals surface area contributed by atoms with Crippen molar-refractivity contribution in [1.29, 1.82) is 0 Å². The molecule has 2 N–H and O–H groups in total. The van der Waals surface area contributed by atoms with Gasteiger partial charge in [0.25, 0.3) is 11.8 Å². The number of benzene rings is 2. The fraction of sp³-hybridized carbons (Fsp3) is 0.345. The zero-order chi connectivity index (χ0) is 29.6. The molecule has 218 valence electrons. The first-order chi connectivity index (χ1) is 19.7. The summed E-state index contributed by atoms with van der Waals surface area (Å²) in [5.41, 5.74) is 2.16. The molecule has 2 heterocycles. The predicted octanol–water partition coefficient (Wildman–Crippen LogP) is 4.48. The number of sulfonamides is 1. The van der Waals surface area contributed by atoms with Crippen LogP contribution in [0.15, 0.2) is 59.5 Å². The standard InChI is InChI=1S/C29H34N4O6S2/c1-4-16-32-17-15-23-24(19-32)40-28(25(23)27(35)31-29(36)39-3)30-26(34)21-11-13-22(14-12-21)41(37,38)33(5-2)18-20-9-7-6-8-10-20/h6-14H,4-5,15-19H2,1-3H3,(H,30,34)(H,31,35,36). The molecular weight excluding hydrogens is 564 g/mol. The topological polar surface area (TPSA) is 125 Å². The highest BCUT2D eigenvalue weighted by atomic mass is 32.2. The lowest BCUT2D eigenvalue weighted by Crippen LogP contribution is -2.34. The van der Waals surface area contributed by atoms with E-state index in [4.69, 9.17) is 0 Å². The normalized spacial score (nSPS) is 13.5. The Labute approximate surface area is 244 Å². The van der Waals surface area contributed by atoms with Crippen LogP contribution in [-0.2, 0) is 34.3 Å². The van der Waals surface area contributed by atoms with E-state index in [0.29, 0.717) is 18.0 Å². The molecule has 41 heavy (non-hydrogen) atoms. The highest BCUT2D eigenvalue weighted by Gasteiger charge is 2.30. The van der Waals surface area contributed by atoms with Crippen LogP contribution in [0.4, 0.5) is 9.80 Å². The number of hydrogen-bond acceptors (Lipinski definition) is 8. The van der Waals surface area contributed by atoms with E-state index in [0.717, 1.165) is 35.5 Å². The first-order valence-corrected chi connectivity index (χ1v) is 15.6. The Balaban J connectivity index is 1.56. The summed E-state index contributed by atoms with van der Waals surface area (Å²) in [6.45, 7) is 6.72. The van der Waals surface area contributed by atoms with Gasteiger partial charge in [-0.25, -0.2) is 13.2 Å². The maximum Gasteiger partial charge on any atom is 0.413 e. The summed E-state index contributed by atoms with van der Waals surface area (Å²) >= 11 is 1.30. The molecular formula is C29H34N4O6S2. The molecule has 1 aliphatic heterocycles. The zero-order valence-corrected chi connectivity index (χ0v) is 24.9. The van der Waals surface area contributed by atoms with Gasteiger partial charge >= 0.3 is 6.09 Å². The average molecular weight is 599 g/mol. The Morgan fingerprint density at radius 1 is 1.02 bits per heavy atom. The second-order valence-corrected chi connectivity index (χ2v) is 12.6. The summed E-state index contributed by atoms with van der Waals surface area (Å²) in [4.78, 5) is 41.3. The van der Waals surface area contributed by atoms with Gasteiger partial charge in [-0.15, -0.1) is 11.3 Å². The van der Waals surface area contributed by atoms with Crippen molar-refractivity contribution < 1.29 is 27.5 Å². The van der Waals surface area contributed by atoms with Gasteiger partial charge in [-0.2, -0.15) is 4.31 Å². The lowest BCUT2D eigenvalue weighted by Gasteiger charge is -2.26. The molecule has 0 radical (unpaired) electrons. The molecule has 0 fully saturated rings. The van der Waals surface area contributed by atoms with Gasteiger partial charge in [0.1, 0.15) is 5.00 Å². The first-order valence-electron chi connectivity index (χ1n) is 13.4. The number of fused-ring (bicyclic) bond motifs is 1. The quantitative estimate of drug-likeness (QED) is 0.353. The third kappa shape index (κ3) is 7.02. The van der Waals surface area contributed by atoms with E-state index >= 15 is 0 Å². The first kappa shape index (κ1) is 30.4. The van der Waals surface area contributed by atoms with E-state index in [1.807, 2.05) is 30.3 Å². The number of rotatable bonds is 10. The van der Waals surface area contributed by atoms with Gasteiger partial charge in [-0.1, -0.05) is 44.2 Å². The van der Waals surface area contributed by atoms with Gasteiger partial charge in [0.15, 0.2) is 0 Å². The number of carbonyl (C=O) groups is 3. The largest absolute Gasteiger partial charge is 0.453 e. The molecule has 1 aliphatic rings. The van der Waals surface area contributed by atoms with Crippen molar-refractivity contribution in [2.45, 2.75) is 44.7 Å². The smallest absolute Gasteiger partial charge is 0.413 e. The Hall–Kier alpha value is -3.58. The number of alkyl carbamates (subject to hydrolysis) is 1.